The van der Waals surface area contributed by atoms with Gasteiger partial charge in [0.1, 0.15) is 0 Å². The zero-order chi connectivity index (χ0) is 10.7. The Morgan fingerprint density at radius 2 is 1.43 bits per heavy atom. The van der Waals surface area contributed by atoms with Crippen molar-refractivity contribution < 1.29 is 9.59 Å². The summed E-state index contributed by atoms with van der Waals surface area (Å²) in [6.07, 6.45) is 0. The van der Waals surface area contributed by atoms with Crippen LogP contribution in [0.25, 0.3) is 0 Å². The molecule has 0 saturated carbocycles. The van der Waals surface area contributed by atoms with E-state index in [4.69, 9.17) is 0 Å². The molecule has 0 aromatic carbocycles. The summed E-state index contributed by atoms with van der Waals surface area (Å²) in [5, 5.41) is 0. The van der Waals surface area contributed by atoms with E-state index in [9.17, 15) is 9.59 Å². The van der Waals surface area contributed by atoms with E-state index in [1.54, 1.807) is 35.7 Å². The van der Waals surface area contributed by atoms with E-state index in [1.165, 1.54) is 0 Å². The lowest BCUT2D eigenvalue weighted by atomic mass is 10.3. The van der Waals surface area contributed by atoms with Gasteiger partial charge in [-0.15, -0.1) is 0 Å². The molecule has 1 saturated heterocycles. The number of hydrogen-bond donors (Lipinski definition) is 0. The van der Waals surface area contributed by atoms with Gasteiger partial charge in [0.2, 0.25) is 5.91 Å². The molecule has 0 spiro atoms. The third-order valence-corrected chi connectivity index (χ3v) is 2.38. The summed E-state index contributed by atoms with van der Waals surface area (Å²) in [5.41, 5.74) is 0. The summed E-state index contributed by atoms with van der Waals surface area (Å²) in [7, 11) is 3.47. The Morgan fingerprint density at radius 3 is 1.79 bits per heavy atom. The van der Waals surface area contributed by atoms with E-state index < -0.39 is 0 Å². The normalized spacial score (nSPS) is 16.8. The number of nitrogens with zero attached hydrogens (tertiary/aromatic N) is 3. The van der Waals surface area contributed by atoms with Crippen LogP contribution in [-0.2, 0) is 4.79 Å². The summed E-state index contributed by atoms with van der Waals surface area (Å²) < 4.78 is 0. The SMILES string of the molecule is CC(=O)N1CCN(C(=O)N(C)C)CC1. The molecular weight excluding hydrogens is 182 g/mol. The van der Waals surface area contributed by atoms with Crippen molar-refractivity contribution in [2.24, 2.45) is 0 Å². The number of carbonyl (C=O) groups is 2. The third kappa shape index (κ3) is 2.37. The lowest BCUT2D eigenvalue weighted by molar-refractivity contribution is -0.130. The van der Waals surface area contributed by atoms with Gasteiger partial charge in [0.25, 0.3) is 0 Å². The van der Waals surface area contributed by atoms with Gasteiger partial charge in [0.15, 0.2) is 0 Å². The second-order valence-corrected chi connectivity index (χ2v) is 3.67. The van der Waals surface area contributed by atoms with E-state index in [-0.39, 0.29) is 11.9 Å². The molecular formula is C9H17N3O2. The zero-order valence-electron chi connectivity index (χ0n) is 8.99. The molecule has 1 rings (SSSR count). The van der Waals surface area contributed by atoms with Crippen molar-refractivity contribution in [3.8, 4) is 0 Å². The van der Waals surface area contributed by atoms with Gasteiger partial charge in [-0.25, -0.2) is 4.79 Å². The number of rotatable bonds is 0. The maximum Gasteiger partial charge on any atom is 0.319 e. The van der Waals surface area contributed by atoms with Crippen LogP contribution in [0.15, 0.2) is 0 Å². The summed E-state index contributed by atoms with van der Waals surface area (Å²) in [4.78, 5) is 27.6. The molecule has 0 atom stereocenters. The van der Waals surface area contributed by atoms with Crippen LogP contribution in [0.2, 0.25) is 0 Å². The molecule has 0 bridgehead atoms. The molecule has 0 N–H and O–H groups in total. The van der Waals surface area contributed by atoms with Crippen molar-refractivity contribution in [2.75, 3.05) is 40.3 Å². The van der Waals surface area contributed by atoms with E-state index in [1.807, 2.05) is 0 Å². The molecule has 1 fully saturated rings. The van der Waals surface area contributed by atoms with Crippen LogP contribution in [0, 0.1) is 0 Å². The molecule has 3 amide bonds. The molecule has 0 aromatic rings. The van der Waals surface area contributed by atoms with Crippen molar-refractivity contribution in [1.29, 1.82) is 0 Å². The van der Waals surface area contributed by atoms with Crippen molar-refractivity contribution in [3.63, 3.8) is 0 Å². The van der Waals surface area contributed by atoms with Crippen molar-refractivity contribution >= 4 is 11.9 Å². The van der Waals surface area contributed by atoms with Crippen LogP contribution >= 0.6 is 0 Å². The molecule has 0 aliphatic carbocycles. The minimum atomic E-state index is 0.0215. The van der Waals surface area contributed by atoms with Crippen LogP contribution in [-0.4, -0.2) is 66.9 Å². The first-order valence-electron chi connectivity index (χ1n) is 4.74. The molecule has 1 heterocycles. The first kappa shape index (κ1) is 10.8. The van der Waals surface area contributed by atoms with Crippen LogP contribution in [0.5, 0.6) is 0 Å². The molecule has 80 valence electrons. The lowest BCUT2D eigenvalue weighted by Crippen LogP contribution is -2.52. The Kier molecular flexibility index (Phi) is 3.33. The molecule has 0 unspecified atom stereocenters. The Hall–Kier alpha value is -1.26. The number of amides is 3. The van der Waals surface area contributed by atoms with Gasteiger partial charge in [0.05, 0.1) is 0 Å². The monoisotopic (exact) mass is 199 g/mol. The van der Waals surface area contributed by atoms with Crippen LogP contribution < -0.4 is 0 Å². The Balaban J connectivity index is 2.43. The Morgan fingerprint density at radius 1 is 1.00 bits per heavy atom. The molecule has 0 radical (unpaired) electrons. The highest BCUT2D eigenvalue weighted by Crippen LogP contribution is 2.03. The highest BCUT2D eigenvalue weighted by atomic mass is 16.2. The maximum atomic E-state index is 11.5. The van der Waals surface area contributed by atoms with Crippen molar-refractivity contribution in [3.05, 3.63) is 0 Å². The first-order chi connectivity index (χ1) is 6.52. The minimum Gasteiger partial charge on any atom is -0.339 e. The van der Waals surface area contributed by atoms with Crippen molar-refractivity contribution in [2.45, 2.75) is 6.92 Å². The second-order valence-electron chi connectivity index (χ2n) is 3.67. The van der Waals surface area contributed by atoms with Gasteiger partial charge in [-0.05, 0) is 0 Å². The fraction of sp³-hybridized carbons (Fsp3) is 0.778. The number of piperazine rings is 1. The van der Waals surface area contributed by atoms with E-state index in [2.05, 4.69) is 0 Å². The molecule has 14 heavy (non-hydrogen) atoms. The summed E-state index contributed by atoms with van der Waals surface area (Å²) in [5.74, 6) is 0.0851. The molecule has 5 nitrogen and oxygen atoms in total. The third-order valence-electron chi connectivity index (χ3n) is 2.38. The average molecular weight is 199 g/mol. The average Bonchev–Trinajstić information content (AvgIpc) is 2.16. The number of carbonyl (C=O) groups excluding carboxylic acids is 2. The minimum absolute atomic E-state index is 0.0215. The van der Waals surface area contributed by atoms with Crippen LogP contribution in [0.4, 0.5) is 4.79 Å². The standard InChI is InChI=1S/C9H17N3O2/c1-8(13)11-4-6-12(7-5-11)9(14)10(2)3/h4-7H2,1-3H3. The first-order valence-corrected chi connectivity index (χ1v) is 4.74. The van der Waals surface area contributed by atoms with Gasteiger partial charge in [-0.2, -0.15) is 0 Å². The quantitative estimate of drug-likeness (QED) is 0.544. The van der Waals surface area contributed by atoms with Crippen LogP contribution in [0.3, 0.4) is 0 Å². The van der Waals surface area contributed by atoms with Gasteiger partial charge < -0.3 is 14.7 Å². The fourth-order valence-corrected chi connectivity index (χ4v) is 1.50. The molecule has 0 aromatic heterocycles. The molecule has 1 aliphatic heterocycles. The second kappa shape index (κ2) is 4.30. The van der Waals surface area contributed by atoms with E-state index in [0.29, 0.717) is 26.2 Å². The smallest absolute Gasteiger partial charge is 0.319 e. The zero-order valence-corrected chi connectivity index (χ0v) is 8.99. The largest absolute Gasteiger partial charge is 0.339 e. The predicted molar refractivity (Wildman–Crippen MR) is 52.9 cm³/mol. The summed E-state index contributed by atoms with van der Waals surface area (Å²) in [6.45, 7) is 4.13. The predicted octanol–water partition coefficient (Wildman–Crippen LogP) is -0.168. The highest BCUT2D eigenvalue weighted by Gasteiger charge is 2.22. The maximum absolute atomic E-state index is 11.5. The van der Waals surface area contributed by atoms with Crippen LogP contribution in [0.1, 0.15) is 6.92 Å². The summed E-state index contributed by atoms with van der Waals surface area (Å²) >= 11 is 0. The van der Waals surface area contributed by atoms with Crippen molar-refractivity contribution in [1.82, 2.24) is 14.7 Å². The van der Waals surface area contributed by atoms with Gasteiger partial charge in [-0.1, -0.05) is 0 Å². The fourth-order valence-electron chi connectivity index (χ4n) is 1.50. The Bertz CT molecular complexity index is 232. The lowest BCUT2D eigenvalue weighted by Gasteiger charge is -2.35. The van der Waals surface area contributed by atoms with E-state index in [0.717, 1.165) is 0 Å². The number of urea groups is 1. The topological polar surface area (TPSA) is 43.9 Å². The number of hydrogen-bond acceptors (Lipinski definition) is 2. The molecule has 1 aliphatic rings. The molecule has 5 heteroatoms. The van der Waals surface area contributed by atoms with Gasteiger partial charge in [-0.3, -0.25) is 4.79 Å². The Labute approximate surface area is 84.3 Å². The van der Waals surface area contributed by atoms with Gasteiger partial charge in [0, 0.05) is 47.2 Å². The van der Waals surface area contributed by atoms with E-state index >= 15 is 0 Å². The highest BCUT2D eigenvalue weighted by molar-refractivity contribution is 5.75. The van der Waals surface area contributed by atoms with Gasteiger partial charge >= 0.3 is 6.03 Å². The summed E-state index contributed by atoms with van der Waals surface area (Å²) in [6, 6.07) is 0.0215.